The molecule has 0 aliphatic heterocycles. The fourth-order valence-corrected chi connectivity index (χ4v) is 1.52. The highest BCUT2D eigenvalue weighted by molar-refractivity contribution is 5.95. The molecule has 0 atom stereocenters. The van der Waals surface area contributed by atoms with Crippen molar-refractivity contribution in [3.63, 3.8) is 0 Å². The number of nitriles is 1. The summed E-state index contributed by atoms with van der Waals surface area (Å²) >= 11 is 0. The van der Waals surface area contributed by atoms with Crippen molar-refractivity contribution in [3.05, 3.63) is 35.4 Å². The lowest BCUT2D eigenvalue weighted by molar-refractivity contribution is -0.0974. The lowest BCUT2D eigenvalue weighted by Gasteiger charge is -2.14. The van der Waals surface area contributed by atoms with E-state index in [1.807, 2.05) is 6.07 Å². The third kappa shape index (κ3) is 3.84. The molecule has 0 bridgehead atoms. The molecule has 0 saturated heterocycles. The second-order valence-corrected chi connectivity index (χ2v) is 3.60. The summed E-state index contributed by atoms with van der Waals surface area (Å²) < 4.78 is 9.95. The molecule has 0 aromatic heterocycles. The van der Waals surface area contributed by atoms with Crippen molar-refractivity contribution in [2.75, 3.05) is 20.8 Å². The topological polar surface area (TPSA) is 71.3 Å². The molecule has 0 saturated carbocycles. The third-order valence-corrected chi connectivity index (χ3v) is 2.49. The molecule has 1 N–H and O–H groups in total. The number of amides is 1. The van der Waals surface area contributed by atoms with Gasteiger partial charge in [-0.1, -0.05) is 18.2 Å². The molecule has 5 nitrogen and oxygen atoms in total. The van der Waals surface area contributed by atoms with Crippen molar-refractivity contribution >= 4 is 5.91 Å². The summed E-state index contributed by atoms with van der Waals surface area (Å²) in [6, 6.07) is 9.06. The van der Waals surface area contributed by atoms with Gasteiger partial charge in [0.25, 0.3) is 5.91 Å². The van der Waals surface area contributed by atoms with Crippen molar-refractivity contribution in [1.82, 2.24) is 5.32 Å². The number of ether oxygens (including phenoxy) is 2. The van der Waals surface area contributed by atoms with Gasteiger partial charge in [-0.3, -0.25) is 4.79 Å². The normalized spacial score (nSPS) is 10.1. The first kappa shape index (κ1) is 14.2. The summed E-state index contributed by atoms with van der Waals surface area (Å²) in [6.45, 7) is 0.257. The Balaban J connectivity index is 2.69. The van der Waals surface area contributed by atoms with Gasteiger partial charge in [0.1, 0.15) is 0 Å². The van der Waals surface area contributed by atoms with Crippen molar-refractivity contribution in [1.29, 1.82) is 5.26 Å². The molecule has 0 aliphatic carbocycles. The molecule has 0 spiro atoms. The zero-order chi connectivity index (χ0) is 13.4. The van der Waals surface area contributed by atoms with Gasteiger partial charge in [0, 0.05) is 19.8 Å². The molecule has 18 heavy (non-hydrogen) atoms. The largest absolute Gasteiger partial charge is 0.354 e. The van der Waals surface area contributed by atoms with Crippen LogP contribution in [0.4, 0.5) is 0 Å². The van der Waals surface area contributed by atoms with E-state index in [0.29, 0.717) is 11.1 Å². The highest BCUT2D eigenvalue weighted by Gasteiger charge is 2.12. The standard InChI is InChI=1S/C13H16N2O3/c1-17-12(18-2)9-15-13(16)11-6-4-3-5-10(11)7-8-14/h3-6,12H,7,9H2,1-2H3,(H,15,16). The van der Waals surface area contributed by atoms with Crippen LogP contribution in [0.1, 0.15) is 15.9 Å². The third-order valence-electron chi connectivity index (χ3n) is 2.49. The van der Waals surface area contributed by atoms with E-state index < -0.39 is 6.29 Å². The fraction of sp³-hybridized carbons (Fsp3) is 0.385. The van der Waals surface area contributed by atoms with Crippen LogP contribution in [0.2, 0.25) is 0 Å². The molecular weight excluding hydrogens is 232 g/mol. The number of carbonyl (C=O) groups is 1. The van der Waals surface area contributed by atoms with E-state index in [2.05, 4.69) is 5.32 Å². The molecule has 0 radical (unpaired) electrons. The first-order chi connectivity index (χ1) is 8.72. The Morgan fingerprint density at radius 2 is 2.06 bits per heavy atom. The Bertz CT molecular complexity index is 436. The van der Waals surface area contributed by atoms with E-state index in [-0.39, 0.29) is 18.9 Å². The zero-order valence-electron chi connectivity index (χ0n) is 10.5. The van der Waals surface area contributed by atoms with E-state index in [1.165, 1.54) is 14.2 Å². The Labute approximate surface area is 106 Å². The maximum absolute atomic E-state index is 11.9. The van der Waals surface area contributed by atoms with Gasteiger partial charge >= 0.3 is 0 Å². The minimum Gasteiger partial charge on any atom is -0.354 e. The summed E-state index contributed by atoms with van der Waals surface area (Å²) in [5.74, 6) is -0.236. The molecule has 0 heterocycles. The highest BCUT2D eigenvalue weighted by atomic mass is 16.7. The molecule has 1 aromatic rings. The van der Waals surface area contributed by atoms with Gasteiger partial charge in [0.2, 0.25) is 0 Å². The number of benzene rings is 1. The van der Waals surface area contributed by atoms with E-state index in [9.17, 15) is 4.79 Å². The first-order valence-electron chi connectivity index (χ1n) is 5.51. The van der Waals surface area contributed by atoms with Crippen molar-refractivity contribution < 1.29 is 14.3 Å². The highest BCUT2D eigenvalue weighted by Crippen LogP contribution is 2.09. The van der Waals surface area contributed by atoms with Crippen LogP contribution in [0.3, 0.4) is 0 Å². The summed E-state index contributed by atoms with van der Waals surface area (Å²) in [5, 5.41) is 11.4. The number of hydrogen-bond donors (Lipinski definition) is 1. The second-order valence-electron chi connectivity index (χ2n) is 3.60. The predicted molar refractivity (Wildman–Crippen MR) is 65.9 cm³/mol. The van der Waals surface area contributed by atoms with Crippen LogP contribution in [-0.2, 0) is 15.9 Å². The van der Waals surface area contributed by atoms with Crippen LogP contribution < -0.4 is 5.32 Å². The zero-order valence-corrected chi connectivity index (χ0v) is 10.5. The van der Waals surface area contributed by atoms with E-state index in [1.54, 1.807) is 24.3 Å². The SMILES string of the molecule is COC(CNC(=O)c1ccccc1CC#N)OC. The van der Waals surface area contributed by atoms with Crippen LogP contribution >= 0.6 is 0 Å². The van der Waals surface area contributed by atoms with Gasteiger partial charge in [-0.2, -0.15) is 5.26 Å². The fourth-order valence-electron chi connectivity index (χ4n) is 1.52. The molecule has 1 amide bonds. The molecule has 1 rings (SSSR count). The molecule has 1 aromatic carbocycles. The lowest BCUT2D eigenvalue weighted by atomic mass is 10.0. The second kappa shape index (κ2) is 7.43. The van der Waals surface area contributed by atoms with Gasteiger partial charge in [0.15, 0.2) is 6.29 Å². The minimum atomic E-state index is -0.475. The maximum atomic E-state index is 11.9. The maximum Gasteiger partial charge on any atom is 0.251 e. The number of rotatable bonds is 6. The number of nitrogens with zero attached hydrogens (tertiary/aromatic N) is 1. The van der Waals surface area contributed by atoms with Crippen LogP contribution in [0.5, 0.6) is 0 Å². The number of nitrogens with one attached hydrogen (secondary N) is 1. The molecule has 0 fully saturated rings. The summed E-state index contributed by atoms with van der Waals surface area (Å²) in [7, 11) is 3.01. The molecule has 0 unspecified atom stereocenters. The lowest BCUT2D eigenvalue weighted by Crippen LogP contribution is -2.34. The smallest absolute Gasteiger partial charge is 0.251 e. The molecule has 96 valence electrons. The average Bonchev–Trinajstić information content (AvgIpc) is 2.40. The number of carbonyl (C=O) groups excluding carboxylic acids is 1. The van der Waals surface area contributed by atoms with E-state index in [0.717, 1.165) is 0 Å². The summed E-state index contributed by atoms with van der Waals surface area (Å²) in [4.78, 5) is 11.9. The molecular formula is C13H16N2O3. The molecule has 0 aliphatic rings. The van der Waals surface area contributed by atoms with Gasteiger partial charge in [0.05, 0.1) is 19.0 Å². The van der Waals surface area contributed by atoms with Crippen LogP contribution in [-0.4, -0.2) is 33.0 Å². The van der Waals surface area contributed by atoms with E-state index >= 15 is 0 Å². The van der Waals surface area contributed by atoms with Crippen LogP contribution in [0.15, 0.2) is 24.3 Å². The number of methoxy groups -OCH3 is 2. The predicted octanol–water partition coefficient (Wildman–Crippen LogP) is 1.10. The van der Waals surface area contributed by atoms with Crippen molar-refractivity contribution in [2.45, 2.75) is 12.7 Å². The Morgan fingerprint density at radius 3 is 2.67 bits per heavy atom. The quantitative estimate of drug-likeness (QED) is 0.765. The Morgan fingerprint density at radius 1 is 1.39 bits per heavy atom. The minimum absolute atomic E-state index is 0.210. The Hall–Kier alpha value is -1.90. The first-order valence-corrected chi connectivity index (χ1v) is 5.51. The average molecular weight is 248 g/mol. The number of hydrogen-bond acceptors (Lipinski definition) is 4. The van der Waals surface area contributed by atoms with Crippen LogP contribution in [0, 0.1) is 11.3 Å². The van der Waals surface area contributed by atoms with Gasteiger partial charge in [-0.05, 0) is 11.6 Å². The van der Waals surface area contributed by atoms with Crippen LogP contribution in [0.25, 0.3) is 0 Å². The summed E-state index contributed by atoms with van der Waals surface area (Å²) in [5.41, 5.74) is 1.22. The van der Waals surface area contributed by atoms with Gasteiger partial charge < -0.3 is 14.8 Å². The van der Waals surface area contributed by atoms with Gasteiger partial charge in [-0.25, -0.2) is 0 Å². The monoisotopic (exact) mass is 248 g/mol. The van der Waals surface area contributed by atoms with Crippen molar-refractivity contribution in [3.8, 4) is 6.07 Å². The van der Waals surface area contributed by atoms with Crippen molar-refractivity contribution in [2.24, 2.45) is 0 Å². The Kier molecular flexibility index (Phi) is 5.85. The summed E-state index contributed by atoms with van der Waals surface area (Å²) in [6.07, 6.45) is -0.265. The van der Waals surface area contributed by atoms with Gasteiger partial charge in [-0.15, -0.1) is 0 Å². The van der Waals surface area contributed by atoms with E-state index in [4.69, 9.17) is 14.7 Å². The molecule has 5 heteroatoms.